The second kappa shape index (κ2) is 8.59. The summed E-state index contributed by atoms with van der Waals surface area (Å²) >= 11 is 0. The summed E-state index contributed by atoms with van der Waals surface area (Å²) in [5, 5.41) is 14.3. The number of hydrogen-bond acceptors (Lipinski definition) is 3. The zero-order valence-electron chi connectivity index (χ0n) is 12.8. The Balaban J connectivity index is 2.58. The number of rotatable bonds is 7. The van der Waals surface area contributed by atoms with Gasteiger partial charge < -0.3 is 20.6 Å². The van der Waals surface area contributed by atoms with Crippen LogP contribution in [0.5, 0.6) is 0 Å². The molecular weight excluding hydrogens is 273 g/mol. The first-order valence-corrected chi connectivity index (χ1v) is 7.01. The summed E-state index contributed by atoms with van der Waals surface area (Å²) in [4.78, 5) is 13.7. The Hall–Kier alpha value is -1.66. The number of benzene rings is 1. The van der Waals surface area contributed by atoms with Crippen molar-refractivity contribution >= 4 is 6.03 Å². The van der Waals surface area contributed by atoms with Crippen LogP contribution in [-0.4, -0.2) is 49.3 Å². The smallest absolute Gasteiger partial charge is 0.315 e. The van der Waals surface area contributed by atoms with Crippen LogP contribution in [0.4, 0.5) is 9.18 Å². The molecule has 0 heterocycles. The van der Waals surface area contributed by atoms with Gasteiger partial charge in [-0.3, -0.25) is 0 Å². The third kappa shape index (κ3) is 6.10. The minimum absolute atomic E-state index is 0.0328. The van der Waals surface area contributed by atoms with Gasteiger partial charge in [-0.25, -0.2) is 9.18 Å². The Morgan fingerprint density at radius 1 is 1.43 bits per heavy atom. The number of aliphatic hydroxyl groups excluding tert-OH is 1. The van der Waals surface area contributed by atoms with Crippen molar-refractivity contribution in [2.75, 3.05) is 27.2 Å². The van der Waals surface area contributed by atoms with Crippen LogP contribution in [0.3, 0.4) is 0 Å². The Kier molecular flexibility index (Phi) is 7.11. The number of carbonyl (C=O) groups is 1. The van der Waals surface area contributed by atoms with E-state index >= 15 is 0 Å². The number of amides is 2. The predicted molar refractivity (Wildman–Crippen MR) is 80.5 cm³/mol. The lowest BCUT2D eigenvalue weighted by Gasteiger charge is -2.25. The van der Waals surface area contributed by atoms with Gasteiger partial charge in [-0.2, -0.15) is 0 Å². The molecule has 3 N–H and O–H groups in total. The minimum Gasteiger partial charge on any atom is -0.396 e. The van der Waals surface area contributed by atoms with Crippen molar-refractivity contribution in [3.63, 3.8) is 0 Å². The molecule has 0 aromatic heterocycles. The highest BCUT2D eigenvalue weighted by atomic mass is 19.1. The molecule has 0 saturated carbocycles. The molecule has 2 amide bonds. The molecule has 21 heavy (non-hydrogen) atoms. The molecule has 5 nitrogen and oxygen atoms in total. The first-order valence-electron chi connectivity index (χ1n) is 7.01. The second-order valence-electron chi connectivity index (χ2n) is 5.30. The van der Waals surface area contributed by atoms with Crippen molar-refractivity contribution in [2.24, 2.45) is 0 Å². The SMILES string of the molecule is C[C@H](CCO)NC(=O)NCC(c1cccc(F)c1)N(C)C. The van der Waals surface area contributed by atoms with Gasteiger partial charge in [-0.05, 0) is 45.1 Å². The molecule has 1 rings (SSSR count). The molecule has 1 aromatic carbocycles. The molecule has 2 atom stereocenters. The van der Waals surface area contributed by atoms with Crippen molar-refractivity contribution in [3.05, 3.63) is 35.6 Å². The van der Waals surface area contributed by atoms with E-state index in [1.165, 1.54) is 12.1 Å². The maximum absolute atomic E-state index is 13.3. The molecule has 0 radical (unpaired) electrons. The van der Waals surface area contributed by atoms with E-state index < -0.39 is 0 Å². The lowest BCUT2D eigenvalue weighted by atomic mass is 10.1. The van der Waals surface area contributed by atoms with E-state index in [0.717, 1.165) is 5.56 Å². The van der Waals surface area contributed by atoms with Gasteiger partial charge in [0.15, 0.2) is 0 Å². The van der Waals surface area contributed by atoms with Crippen molar-refractivity contribution < 1.29 is 14.3 Å². The number of nitrogens with zero attached hydrogens (tertiary/aromatic N) is 1. The minimum atomic E-state index is -0.292. The quantitative estimate of drug-likeness (QED) is 0.714. The van der Waals surface area contributed by atoms with Crippen LogP contribution < -0.4 is 10.6 Å². The summed E-state index contributed by atoms with van der Waals surface area (Å²) < 4.78 is 13.3. The maximum Gasteiger partial charge on any atom is 0.315 e. The Morgan fingerprint density at radius 3 is 2.71 bits per heavy atom. The molecule has 0 aliphatic heterocycles. The lowest BCUT2D eigenvalue weighted by Crippen LogP contribution is -2.44. The number of halogens is 1. The molecule has 0 saturated heterocycles. The summed E-state index contributed by atoms with van der Waals surface area (Å²) in [5.41, 5.74) is 0.809. The molecule has 0 bridgehead atoms. The average Bonchev–Trinajstić information content (AvgIpc) is 2.38. The van der Waals surface area contributed by atoms with Crippen LogP contribution in [0.2, 0.25) is 0 Å². The number of carbonyl (C=O) groups excluding carboxylic acids is 1. The van der Waals surface area contributed by atoms with E-state index in [0.29, 0.717) is 13.0 Å². The molecule has 0 spiro atoms. The summed E-state index contributed by atoms with van der Waals surface area (Å²) in [5.74, 6) is -0.291. The van der Waals surface area contributed by atoms with Gasteiger partial charge in [-0.1, -0.05) is 12.1 Å². The molecule has 6 heteroatoms. The van der Waals surface area contributed by atoms with Crippen molar-refractivity contribution in [2.45, 2.75) is 25.4 Å². The highest BCUT2D eigenvalue weighted by molar-refractivity contribution is 5.74. The molecule has 118 valence electrons. The van der Waals surface area contributed by atoms with Crippen molar-refractivity contribution in [3.8, 4) is 0 Å². The highest BCUT2D eigenvalue weighted by Crippen LogP contribution is 2.18. The third-order valence-electron chi connectivity index (χ3n) is 3.25. The Labute approximate surface area is 125 Å². The average molecular weight is 297 g/mol. The summed E-state index contributed by atoms with van der Waals surface area (Å²) in [6.07, 6.45) is 0.508. The predicted octanol–water partition coefficient (Wildman–Crippen LogP) is 1.50. The summed E-state index contributed by atoms with van der Waals surface area (Å²) in [6.45, 7) is 2.23. The maximum atomic E-state index is 13.3. The zero-order valence-corrected chi connectivity index (χ0v) is 12.8. The van der Waals surface area contributed by atoms with E-state index in [4.69, 9.17) is 5.11 Å². The van der Waals surface area contributed by atoms with Crippen LogP contribution in [0.25, 0.3) is 0 Å². The molecule has 0 fully saturated rings. The number of nitrogens with one attached hydrogen (secondary N) is 2. The number of urea groups is 1. The van der Waals surface area contributed by atoms with E-state index in [9.17, 15) is 9.18 Å². The Morgan fingerprint density at radius 2 is 2.14 bits per heavy atom. The third-order valence-corrected chi connectivity index (χ3v) is 3.25. The van der Waals surface area contributed by atoms with E-state index in [1.54, 1.807) is 6.07 Å². The van der Waals surface area contributed by atoms with Crippen LogP contribution in [-0.2, 0) is 0 Å². The monoisotopic (exact) mass is 297 g/mol. The van der Waals surface area contributed by atoms with E-state index in [2.05, 4.69) is 10.6 Å². The fourth-order valence-electron chi connectivity index (χ4n) is 2.04. The van der Waals surface area contributed by atoms with Crippen LogP contribution in [0.1, 0.15) is 24.9 Å². The van der Waals surface area contributed by atoms with Crippen LogP contribution in [0.15, 0.2) is 24.3 Å². The van der Waals surface area contributed by atoms with Gasteiger partial charge in [0.1, 0.15) is 5.82 Å². The normalized spacial score (nSPS) is 13.8. The van der Waals surface area contributed by atoms with Crippen molar-refractivity contribution in [1.29, 1.82) is 0 Å². The second-order valence-corrected chi connectivity index (χ2v) is 5.30. The lowest BCUT2D eigenvalue weighted by molar-refractivity contribution is 0.224. The van der Waals surface area contributed by atoms with Gasteiger partial charge in [0, 0.05) is 19.2 Å². The van der Waals surface area contributed by atoms with Gasteiger partial charge in [0.2, 0.25) is 0 Å². The molecule has 0 aliphatic rings. The summed E-state index contributed by atoms with van der Waals surface area (Å²) in [6, 6.07) is 5.86. The van der Waals surface area contributed by atoms with Crippen molar-refractivity contribution in [1.82, 2.24) is 15.5 Å². The molecule has 1 aromatic rings. The first-order chi connectivity index (χ1) is 9.93. The fourth-order valence-corrected chi connectivity index (χ4v) is 2.04. The van der Waals surface area contributed by atoms with Gasteiger partial charge in [-0.15, -0.1) is 0 Å². The van der Waals surface area contributed by atoms with E-state index in [-0.39, 0.29) is 30.5 Å². The van der Waals surface area contributed by atoms with Crippen LogP contribution in [0, 0.1) is 5.82 Å². The highest BCUT2D eigenvalue weighted by Gasteiger charge is 2.16. The molecular formula is C15H24FN3O2. The topological polar surface area (TPSA) is 64.6 Å². The largest absolute Gasteiger partial charge is 0.396 e. The Bertz CT molecular complexity index is 454. The molecule has 0 aliphatic carbocycles. The van der Waals surface area contributed by atoms with Gasteiger partial charge in [0.05, 0.1) is 6.04 Å². The van der Waals surface area contributed by atoms with Gasteiger partial charge in [0.25, 0.3) is 0 Å². The summed E-state index contributed by atoms with van der Waals surface area (Å²) in [7, 11) is 3.76. The number of likely N-dealkylation sites (N-methyl/N-ethyl adjacent to an activating group) is 1. The number of hydrogen-bond donors (Lipinski definition) is 3. The number of aliphatic hydroxyl groups is 1. The van der Waals surface area contributed by atoms with E-state index in [1.807, 2.05) is 32.0 Å². The fraction of sp³-hybridized carbons (Fsp3) is 0.533. The molecule has 1 unspecified atom stereocenters. The van der Waals surface area contributed by atoms with Gasteiger partial charge >= 0.3 is 6.03 Å². The van der Waals surface area contributed by atoms with Crippen LogP contribution >= 0.6 is 0 Å². The standard InChI is InChI=1S/C15H24FN3O2/c1-11(7-8-20)18-15(21)17-10-14(19(2)3)12-5-4-6-13(16)9-12/h4-6,9,11,14,20H,7-8,10H2,1-3H3,(H2,17,18,21)/t11-,14?/m1/s1. The first kappa shape index (κ1) is 17.4. The zero-order chi connectivity index (χ0) is 15.8.